The predicted octanol–water partition coefficient (Wildman–Crippen LogP) is 2.96. The molecule has 6 nitrogen and oxygen atoms in total. The van der Waals surface area contributed by atoms with Gasteiger partial charge in [-0.15, -0.1) is 0 Å². The van der Waals surface area contributed by atoms with Crippen molar-refractivity contribution in [2.45, 2.75) is 45.8 Å². The lowest BCUT2D eigenvalue weighted by atomic mass is 9.57. The molecule has 152 valence electrons. The van der Waals surface area contributed by atoms with Gasteiger partial charge in [-0.25, -0.2) is 0 Å². The molecule has 1 aromatic carbocycles. The monoisotopic (exact) mass is 385 g/mol. The average Bonchev–Trinajstić information content (AvgIpc) is 3.13. The van der Waals surface area contributed by atoms with Crippen LogP contribution in [-0.4, -0.2) is 47.5 Å². The van der Waals surface area contributed by atoms with Gasteiger partial charge in [-0.2, -0.15) is 0 Å². The number of nitrogens with one attached hydrogen (secondary N) is 1. The summed E-state index contributed by atoms with van der Waals surface area (Å²) in [6.07, 6.45) is 2.07. The van der Waals surface area contributed by atoms with Gasteiger partial charge in [-0.1, -0.05) is 37.2 Å². The Morgan fingerprint density at radius 3 is 2.79 bits per heavy atom. The minimum atomic E-state index is 0.188. The van der Waals surface area contributed by atoms with Crippen molar-refractivity contribution < 1.29 is 14.4 Å². The number of rotatable bonds is 7. The summed E-state index contributed by atoms with van der Waals surface area (Å²) in [5.74, 6) is 1.89. The van der Waals surface area contributed by atoms with Gasteiger partial charge in [-0.3, -0.25) is 4.90 Å². The number of morpholine rings is 1. The Bertz CT molecular complexity index is 783. The molecule has 1 aliphatic carbocycles. The van der Waals surface area contributed by atoms with Gasteiger partial charge in [-0.05, 0) is 30.2 Å². The topological polar surface area (TPSA) is 70.8 Å². The first-order valence-corrected chi connectivity index (χ1v) is 10.3. The highest BCUT2D eigenvalue weighted by Crippen LogP contribution is 2.48. The molecule has 2 fully saturated rings. The Hall–Kier alpha value is -1.89. The third-order valence-electron chi connectivity index (χ3n) is 6.55. The van der Waals surface area contributed by atoms with Crippen molar-refractivity contribution in [3.8, 4) is 5.75 Å². The quantitative estimate of drug-likeness (QED) is 0.764. The summed E-state index contributed by atoms with van der Waals surface area (Å²) in [6, 6.07) is 10.1. The van der Waals surface area contributed by atoms with Gasteiger partial charge in [0.2, 0.25) is 0 Å². The summed E-state index contributed by atoms with van der Waals surface area (Å²) in [5.41, 5.74) is 2.19. The third-order valence-corrected chi connectivity index (χ3v) is 6.55. The van der Waals surface area contributed by atoms with Gasteiger partial charge in [0, 0.05) is 37.3 Å². The lowest BCUT2D eigenvalue weighted by Crippen LogP contribution is -2.57. The molecule has 0 bridgehead atoms. The first-order chi connectivity index (χ1) is 13.5. The molecule has 28 heavy (non-hydrogen) atoms. The van der Waals surface area contributed by atoms with E-state index in [0.29, 0.717) is 24.3 Å². The second-order valence-corrected chi connectivity index (χ2v) is 8.69. The van der Waals surface area contributed by atoms with Crippen LogP contribution in [0.4, 0.5) is 0 Å². The molecule has 6 heteroatoms. The summed E-state index contributed by atoms with van der Waals surface area (Å²) in [4.78, 5) is 2.35. The molecule has 4 rings (SSSR count). The zero-order chi connectivity index (χ0) is 19.6. The predicted molar refractivity (Wildman–Crippen MR) is 107 cm³/mol. The van der Waals surface area contributed by atoms with Gasteiger partial charge in [0.15, 0.2) is 5.76 Å². The van der Waals surface area contributed by atoms with E-state index in [4.69, 9.17) is 9.26 Å². The molecule has 1 aromatic heterocycles. The van der Waals surface area contributed by atoms with Crippen LogP contribution >= 0.6 is 0 Å². The number of hydrogen-bond donors (Lipinski definition) is 2. The number of para-hydroxylation sites is 1. The Morgan fingerprint density at radius 1 is 1.25 bits per heavy atom. The minimum absolute atomic E-state index is 0.188. The fraction of sp³-hybridized carbons (Fsp3) is 0.591. The molecule has 2 heterocycles. The van der Waals surface area contributed by atoms with Crippen LogP contribution in [0.25, 0.3) is 0 Å². The van der Waals surface area contributed by atoms with E-state index in [1.54, 1.807) is 6.07 Å². The van der Waals surface area contributed by atoms with Crippen LogP contribution in [0.5, 0.6) is 5.75 Å². The third kappa shape index (κ3) is 4.24. The van der Waals surface area contributed by atoms with Crippen LogP contribution in [-0.2, 0) is 24.2 Å². The van der Waals surface area contributed by atoms with Crippen LogP contribution in [0.1, 0.15) is 37.3 Å². The standard InChI is InChI=1S/C22H31N3O3/c1-22(2)17(12-21(22)23-14-16-5-3-4-6-20(16)26)11-18-13-19(28-24-18)15-25-7-9-27-10-8-25/h3-6,13,17,21,23,26H,7-12,14-15H2,1-2H3. The summed E-state index contributed by atoms with van der Waals surface area (Å²) in [5, 5.41) is 17.9. The van der Waals surface area contributed by atoms with Gasteiger partial charge in [0.25, 0.3) is 0 Å². The van der Waals surface area contributed by atoms with Crippen molar-refractivity contribution >= 4 is 0 Å². The van der Waals surface area contributed by atoms with Gasteiger partial charge >= 0.3 is 0 Å². The van der Waals surface area contributed by atoms with Crippen molar-refractivity contribution in [2.24, 2.45) is 11.3 Å². The first kappa shape index (κ1) is 19.4. The van der Waals surface area contributed by atoms with E-state index in [0.717, 1.165) is 62.7 Å². The van der Waals surface area contributed by atoms with Gasteiger partial charge in [0.1, 0.15) is 5.75 Å². The molecule has 2 aliphatic rings. The smallest absolute Gasteiger partial charge is 0.150 e. The Morgan fingerprint density at radius 2 is 2.04 bits per heavy atom. The SMILES string of the molecule is CC1(C)C(Cc2cc(CN3CCOCC3)on2)CC1NCc1ccccc1O. The van der Waals surface area contributed by atoms with E-state index in [1.807, 2.05) is 18.2 Å². The average molecular weight is 386 g/mol. The second-order valence-electron chi connectivity index (χ2n) is 8.69. The number of hydrogen-bond acceptors (Lipinski definition) is 6. The van der Waals surface area contributed by atoms with Crippen molar-refractivity contribution in [3.05, 3.63) is 47.3 Å². The number of aromatic nitrogens is 1. The van der Waals surface area contributed by atoms with Gasteiger partial charge in [0.05, 0.1) is 25.5 Å². The van der Waals surface area contributed by atoms with Crippen molar-refractivity contribution in [2.75, 3.05) is 26.3 Å². The fourth-order valence-electron chi connectivity index (χ4n) is 4.36. The summed E-state index contributed by atoms with van der Waals surface area (Å²) in [7, 11) is 0. The first-order valence-electron chi connectivity index (χ1n) is 10.3. The summed E-state index contributed by atoms with van der Waals surface area (Å²) in [6.45, 7) is 9.65. The van der Waals surface area contributed by atoms with Crippen LogP contribution < -0.4 is 5.32 Å². The second kappa shape index (κ2) is 8.23. The fourth-order valence-corrected chi connectivity index (χ4v) is 4.36. The highest BCUT2D eigenvalue weighted by atomic mass is 16.5. The van der Waals surface area contributed by atoms with Crippen LogP contribution in [0.15, 0.2) is 34.9 Å². The molecule has 2 atom stereocenters. The number of phenols is 1. The Kier molecular flexibility index (Phi) is 5.71. The lowest BCUT2D eigenvalue weighted by molar-refractivity contribution is 0.0123. The highest BCUT2D eigenvalue weighted by molar-refractivity contribution is 5.31. The minimum Gasteiger partial charge on any atom is -0.508 e. The molecule has 2 unspecified atom stereocenters. The molecule has 2 N–H and O–H groups in total. The zero-order valence-corrected chi connectivity index (χ0v) is 16.9. The molecule has 0 spiro atoms. The van der Waals surface area contributed by atoms with Crippen LogP contribution in [0.2, 0.25) is 0 Å². The van der Waals surface area contributed by atoms with Crippen molar-refractivity contribution in [1.29, 1.82) is 0 Å². The molecule has 0 radical (unpaired) electrons. The van der Waals surface area contributed by atoms with Gasteiger partial charge < -0.3 is 19.7 Å². The molecular formula is C22H31N3O3. The van der Waals surface area contributed by atoms with E-state index >= 15 is 0 Å². The number of aromatic hydroxyl groups is 1. The Balaban J connectivity index is 1.27. The number of nitrogens with zero attached hydrogens (tertiary/aromatic N) is 2. The van der Waals surface area contributed by atoms with E-state index in [1.165, 1.54) is 0 Å². The zero-order valence-electron chi connectivity index (χ0n) is 16.9. The number of benzene rings is 1. The van der Waals surface area contributed by atoms with E-state index in [9.17, 15) is 5.11 Å². The van der Waals surface area contributed by atoms with Crippen molar-refractivity contribution in [1.82, 2.24) is 15.4 Å². The molecule has 1 saturated heterocycles. The van der Waals surface area contributed by atoms with Crippen molar-refractivity contribution in [3.63, 3.8) is 0 Å². The molecule has 1 saturated carbocycles. The number of phenolic OH excluding ortho intramolecular Hbond substituents is 1. The molecule has 1 aliphatic heterocycles. The number of ether oxygens (including phenoxy) is 1. The van der Waals surface area contributed by atoms with E-state index in [-0.39, 0.29) is 5.41 Å². The maximum atomic E-state index is 9.94. The maximum absolute atomic E-state index is 9.94. The highest BCUT2D eigenvalue weighted by Gasteiger charge is 2.47. The summed E-state index contributed by atoms with van der Waals surface area (Å²) >= 11 is 0. The molecule has 0 amide bonds. The van der Waals surface area contributed by atoms with Crippen LogP contribution in [0.3, 0.4) is 0 Å². The van der Waals surface area contributed by atoms with Crippen LogP contribution in [0, 0.1) is 11.3 Å². The summed E-state index contributed by atoms with van der Waals surface area (Å²) < 4.78 is 11.0. The van der Waals surface area contributed by atoms with E-state index in [2.05, 4.69) is 35.3 Å². The Labute approximate surface area is 166 Å². The van der Waals surface area contributed by atoms with E-state index < -0.39 is 0 Å². The molecular weight excluding hydrogens is 354 g/mol. The largest absolute Gasteiger partial charge is 0.508 e. The molecule has 2 aromatic rings. The lowest BCUT2D eigenvalue weighted by Gasteiger charge is -2.52. The maximum Gasteiger partial charge on any atom is 0.150 e. The normalized spacial score (nSPS) is 24.8.